The Morgan fingerprint density at radius 1 is 1.06 bits per heavy atom. The van der Waals surface area contributed by atoms with E-state index in [1.807, 2.05) is 24.3 Å². The molecule has 1 aromatic carbocycles. The summed E-state index contributed by atoms with van der Waals surface area (Å²) in [7, 11) is 1.65. The Hall–Kier alpha value is -0.930. The molecule has 0 aromatic heterocycles. The Bertz CT molecular complexity index is 320. The van der Waals surface area contributed by atoms with E-state index in [4.69, 9.17) is 21.1 Å². The van der Waals surface area contributed by atoms with Gasteiger partial charge in [-0.15, -0.1) is 11.6 Å². The van der Waals surface area contributed by atoms with Gasteiger partial charge in [-0.05, 0) is 31.5 Å². The zero-order valence-corrected chi connectivity index (χ0v) is 11.7. The summed E-state index contributed by atoms with van der Waals surface area (Å²) in [5.74, 6) is 2.33. The number of methoxy groups -OCH3 is 1. The fraction of sp³-hybridized carbons (Fsp3) is 0.571. The number of benzene rings is 1. The van der Waals surface area contributed by atoms with Crippen LogP contribution in [0.25, 0.3) is 0 Å². The fourth-order valence-corrected chi connectivity index (χ4v) is 1.81. The molecule has 1 aromatic rings. The van der Waals surface area contributed by atoms with Gasteiger partial charge < -0.3 is 14.8 Å². The Morgan fingerprint density at radius 3 is 2.56 bits per heavy atom. The highest BCUT2D eigenvalue weighted by molar-refractivity contribution is 6.17. The average Bonchev–Trinajstić information content (AvgIpc) is 2.42. The summed E-state index contributed by atoms with van der Waals surface area (Å²) in [4.78, 5) is 0. The number of nitrogens with one attached hydrogen (secondary N) is 1. The van der Waals surface area contributed by atoms with Crippen LogP contribution in [0.3, 0.4) is 0 Å². The van der Waals surface area contributed by atoms with Crippen molar-refractivity contribution in [1.29, 1.82) is 0 Å². The number of para-hydroxylation sites is 2. The van der Waals surface area contributed by atoms with Crippen LogP contribution in [0.1, 0.15) is 19.3 Å². The maximum Gasteiger partial charge on any atom is 0.161 e. The van der Waals surface area contributed by atoms with Crippen molar-refractivity contribution in [3.8, 4) is 11.5 Å². The van der Waals surface area contributed by atoms with Crippen LogP contribution < -0.4 is 14.8 Å². The van der Waals surface area contributed by atoms with Crippen LogP contribution in [0.5, 0.6) is 11.5 Å². The third kappa shape index (κ3) is 6.12. The van der Waals surface area contributed by atoms with E-state index < -0.39 is 0 Å². The van der Waals surface area contributed by atoms with Gasteiger partial charge in [-0.1, -0.05) is 18.6 Å². The zero-order chi connectivity index (χ0) is 13.1. The van der Waals surface area contributed by atoms with E-state index in [2.05, 4.69) is 5.32 Å². The lowest BCUT2D eigenvalue weighted by Gasteiger charge is -2.10. The quantitative estimate of drug-likeness (QED) is 0.524. The molecule has 0 heterocycles. The van der Waals surface area contributed by atoms with Crippen LogP contribution in [-0.2, 0) is 0 Å². The predicted octanol–water partition coefficient (Wildman–Crippen LogP) is 3.07. The molecular formula is C14H22ClNO2. The lowest BCUT2D eigenvalue weighted by molar-refractivity contribution is 0.292. The van der Waals surface area contributed by atoms with Gasteiger partial charge in [0.15, 0.2) is 11.5 Å². The molecule has 0 amide bonds. The first-order valence-electron chi connectivity index (χ1n) is 6.41. The molecular weight excluding hydrogens is 250 g/mol. The molecule has 0 atom stereocenters. The van der Waals surface area contributed by atoms with Gasteiger partial charge in [-0.2, -0.15) is 0 Å². The minimum atomic E-state index is 0.649. The molecule has 102 valence electrons. The maximum atomic E-state index is 5.65. The van der Waals surface area contributed by atoms with Crippen molar-refractivity contribution >= 4 is 11.6 Å². The van der Waals surface area contributed by atoms with E-state index in [1.54, 1.807) is 7.11 Å². The second kappa shape index (κ2) is 10.0. The molecule has 0 aliphatic carbocycles. The molecule has 0 saturated heterocycles. The molecule has 4 heteroatoms. The molecule has 0 aliphatic rings. The summed E-state index contributed by atoms with van der Waals surface area (Å²) in [6, 6.07) is 7.69. The Labute approximate surface area is 114 Å². The van der Waals surface area contributed by atoms with Crippen molar-refractivity contribution in [2.24, 2.45) is 0 Å². The van der Waals surface area contributed by atoms with Crippen molar-refractivity contribution in [1.82, 2.24) is 5.32 Å². The fourth-order valence-electron chi connectivity index (χ4n) is 1.62. The second-order valence-electron chi connectivity index (χ2n) is 4.00. The highest BCUT2D eigenvalue weighted by atomic mass is 35.5. The minimum Gasteiger partial charge on any atom is -0.493 e. The van der Waals surface area contributed by atoms with E-state index in [1.165, 1.54) is 12.8 Å². The number of unbranched alkanes of at least 4 members (excludes halogenated alkanes) is 2. The molecule has 3 nitrogen and oxygen atoms in total. The van der Waals surface area contributed by atoms with Crippen LogP contribution in [0.4, 0.5) is 0 Å². The van der Waals surface area contributed by atoms with E-state index >= 15 is 0 Å². The summed E-state index contributed by atoms with van der Waals surface area (Å²) < 4.78 is 10.9. The van der Waals surface area contributed by atoms with Gasteiger partial charge >= 0.3 is 0 Å². The number of hydrogen-bond acceptors (Lipinski definition) is 3. The maximum absolute atomic E-state index is 5.65. The van der Waals surface area contributed by atoms with Gasteiger partial charge in [0.25, 0.3) is 0 Å². The summed E-state index contributed by atoms with van der Waals surface area (Å²) in [5.41, 5.74) is 0. The molecule has 0 fully saturated rings. The number of halogens is 1. The number of alkyl halides is 1. The van der Waals surface area contributed by atoms with Crippen LogP contribution >= 0.6 is 11.6 Å². The second-order valence-corrected chi connectivity index (χ2v) is 4.38. The van der Waals surface area contributed by atoms with Crippen molar-refractivity contribution in [3.05, 3.63) is 24.3 Å². The lowest BCUT2D eigenvalue weighted by atomic mass is 10.2. The molecule has 0 saturated carbocycles. The predicted molar refractivity (Wildman–Crippen MR) is 75.9 cm³/mol. The molecule has 0 aliphatic heterocycles. The van der Waals surface area contributed by atoms with Crippen LogP contribution in [0.2, 0.25) is 0 Å². The Kier molecular flexibility index (Phi) is 8.43. The first-order chi connectivity index (χ1) is 8.88. The van der Waals surface area contributed by atoms with E-state index in [0.29, 0.717) is 6.61 Å². The summed E-state index contributed by atoms with van der Waals surface area (Å²) in [6.45, 7) is 2.51. The Morgan fingerprint density at radius 2 is 1.83 bits per heavy atom. The highest BCUT2D eigenvalue weighted by Crippen LogP contribution is 2.25. The summed E-state index contributed by atoms with van der Waals surface area (Å²) in [6.07, 6.45) is 3.45. The van der Waals surface area contributed by atoms with Crippen LogP contribution in [0.15, 0.2) is 24.3 Å². The van der Waals surface area contributed by atoms with Gasteiger partial charge in [0.2, 0.25) is 0 Å². The van der Waals surface area contributed by atoms with Crippen molar-refractivity contribution in [2.45, 2.75) is 19.3 Å². The molecule has 1 rings (SSSR count). The summed E-state index contributed by atoms with van der Waals surface area (Å²) in [5, 5.41) is 3.34. The van der Waals surface area contributed by atoms with Gasteiger partial charge in [-0.3, -0.25) is 0 Å². The standard InChI is InChI=1S/C14H22ClNO2/c1-17-13-7-3-4-8-14(13)18-12-11-16-10-6-2-5-9-15/h3-4,7-8,16H,2,5-6,9-12H2,1H3. The third-order valence-electron chi connectivity index (χ3n) is 2.59. The molecule has 0 unspecified atom stereocenters. The normalized spacial score (nSPS) is 10.3. The molecule has 1 N–H and O–H groups in total. The monoisotopic (exact) mass is 271 g/mol. The smallest absolute Gasteiger partial charge is 0.161 e. The molecule has 18 heavy (non-hydrogen) atoms. The van der Waals surface area contributed by atoms with Crippen LogP contribution in [0, 0.1) is 0 Å². The number of hydrogen-bond donors (Lipinski definition) is 1. The van der Waals surface area contributed by atoms with E-state index in [0.717, 1.165) is 36.9 Å². The molecule has 0 spiro atoms. The lowest BCUT2D eigenvalue weighted by Crippen LogP contribution is -2.22. The van der Waals surface area contributed by atoms with Gasteiger partial charge in [0.1, 0.15) is 6.61 Å². The van der Waals surface area contributed by atoms with Crippen molar-refractivity contribution in [3.63, 3.8) is 0 Å². The minimum absolute atomic E-state index is 0.649. The van der Waals surface area contributed by atoms with E-state index in [-0.39, 0.29) is 0 Å². The van der Waals surface area contributed by atoms with Gasteiger partial charge in [-0.25, -0.2) is 0 Å². The van der Waals surface area contributed by atoms with Crippen molar-refractivity contribution < 1.29 is 9.47 Å². The largest absolute Gasteiger partial charge is 0.493 e. The van der Waals surface area contributed by atoms with Crippen molar-refractivity contribution in [2.75, 3.05) is 32.7 Å². The topological polar surface area (TPSA) is 30.5 Å². The summed E-state index contributed by atoms with van der Waals surface area (Å²) >= 11 is 5.61. The SMILES string of the molecule is COc1ccccc1OCCNCCCCCCl. The number of ether oxygens (including phenoxy) is 2. The average molecular weight is 272 g/mol. The van der Waals surface area contributed by atoms with Crippen LogP contribution in [-0.4, -0.2) is 32.7 Å². The first kappa shape index (κ1) is 15.1. The van der Waals surface area contributed by atoms with Gasteiger partial charge in [0.05, 0.1) is 7.11 Å². The van der Waals surface area contributed by atoms with Gasteiger partial charge in [0, 0.05) is 12.4 Å². The third-order valence-corrected chi connectivity index (χ3v) is 2.86. The molecule has 0 bridgehead atoms. The van der Waals surface area contributed by atoms with E-state index in [9.17, 15) is 0 Å². The Balaban J connectivity index is 2.07. The first-order valence-corrected chi connectivity index (χ1v) is 6.94. The zero-order valence-electron chi connectivity index (χ0n) is 11.0. The highest BCUT2D eigenvalue weighted by Gasteiger charge is 2.01. The number of rotatable bonds is 10. The molecule has 0 radical (unpaired) electrons.